The Morgan fingerprint density at radius 3 is 1.57 bits per heavy atom. The van der Waals surface area contributed by atoms with Crippen molar-refractivity contribution in [3.05, 3.63) is 0 Å². The molecule has 0 bridgehead atoms. The zero-order valence-electron chi connectivity index (χ0n) is 6.33. The van der Waals surface area contributed by atoms with Gasteiger partial charge in [0.15, 0.2) is 0 Å². The second-order valence-corrected chi connectivity index (χ2v) is 7.42. The predicted molar refractivity (Wildman–Crippen MR) is 34.2 cm³/mol. The van der Waals surface area contributed by atoms with Crippen LogP contribution in [0.3, 0.4) is 0 Å². The molecule has 2 aliphatic heterocycles. The van der Waals surface area contributed by atoms with Crippen LogP contribution in [0.25, 0.3) is 0 Å². The standard InChI is InChI=1S/3CH2O3.2Ga/c3*2-1(3)4;;/h3*(H2,2,3,4);;/q;;;2*+3/p-6. The molecule has 2 heterocycles. The number of hydrogen-bond donors (Lipinski definition) is 0. The third-order valence-corrected chi connectivity index (χ3v) is 6.00. The third kappa shape index (κ3) is 2.11. The van der Waals surface area contributed by atoms with Gasteiger partial charge >= 0.3 is 88.6 Å². The Bertz CT molecular complexity index is 256. The van der Waals surface area contributed by atoms with E-state index in [4.69, 9.17) is 0 Å². The van der Waals surface area contributed by atoms with E-state index in [0.29, 0.717) is 0 Å². The fourth-order valence-corrected chi connectivity index (χ4v) is 3.79. The van der Waals surface area contributed by atoms with Gasteiger partial charge in [-0.1, -0.05) is 0 Å². The Balaban J connectivity index is 1.64. The van der Waals surface area contributed by atoms with Crippen LogP contribution in [-0.4, -0.2) is 53.1 Å². The Morgan fingerprint density at radius 2 is 1.29 bits per heavy atom. The fourth-order valence-electron chi connectivity index (χ4n) is 0.613. The number of hydrogen-bond acceptors (Lipinski definition) is 9. The minimum atomic E-state index is -3.11. The molecule has 2 fully saturated rings. The van der Waals surface area contributed by atoms with Crippen LogP contribution < -0.4 is 0 Å². The number of rotatable bonds is 2. The van der Waals surface area contributed by atoms with E-state index in [0.717, 1.165) is 0 Å². The molecular formula is C3Ga2O9. The van der Waals surface area contributed by atoms with Crippen LogP contribution in [-0.2, 0) is 21.2 Å². The molecule has 0 aliphatic carbocycles. The molecule has 0 aromatic carbocycles. The molecule has 0 unspecified atom stereocenters. The van der Waals surface area contributed by atoms with Crippen LogP contribution in [0.2, 0.25) is 0 Å². The normalized spacial score (nSPS) is 17.7. The second-order valence-electron chi connectivity index (χ2n) is 2.03. The Hall–Kier alpha value is -0.917. The van der Waals surface area contributed by atoms with Gasteiger partial charge in [-0.15, -0.1) is 0 Å². The molecule has 0 saturated carbocycles. The maximum absolute atomic E-state index is 10.8. The van der Waals surface area contributed by atoms with Crippen molar-refractivity contribution in [2.45, 2.75) is 0 Å². The summed E-state index contributed by atoms with van der Waals surface area (Å²) in [6, 6.07) is 0. The summed E-state index contributed by atoms with van der Waals surface area (Å²) in [5.41, 5.74) is 0. The second kappa shape index (κ2) is 3.68. The Morgan fingerprint density at radius 1 is 0.929 bits per heavy atom. The van der Waals surface area contributed by atoms with Crippen LogP contribution >= 0.6 is 0 Å². The average molecular weight is 319 g/mol. The molecule has 2 aliphatic rings. The average Bonchev–Trinajstić information content (AvgIpc) is 1.98. The van der Waals surface area contributed by atoms with Crippen molar-refractivity contribution in [1.29, 1.82) is 0 Å². The summed E-state index contributed by atoms with van der Waals surface area (Å²) in [4.78, 5) is 31.0. The maximum atomic E-state index is 10.8. The first-order chi connectivity index (χ1) is 6.63. The van der Waals surface area contributed by atoms with E-state index in [2.05, 4.69) is 21.2 Å². The van der Waals surface area contributed by atoms with E-state index in [-0.39, 0.29) is 0 Å². The van der Waals surface area contributed by atoms with Crippen LogP contribution in [0, 0.1) is 0 Å². The van der Waals surface area contributed by atoms with E-state index < -0.39 is 53.1 Å². The Kier molecular flexibility index (Phi) is 2.53. The monoisotopic (exact) mass is 318 g/mol. The van der Waals surface area contributed by atoms with E-state index in [1.807, 2.05) is 0 Å². The van der Waals surface area contributed by atoms with Gasteiger partial charge in [0.1, 0.15) is 0 Å². The van der Waals surface area contributed by atoms with Gasteiger partial charge in [-0.25, -0.2) is 0 Å². The van der Waals surface area contributed by atoms with Crippen LogP contribution in [0.4, 0.5) is 14.4 Å². The molecule has 0 spiro atoms. The summed E-state index contributed by atoms with van der Waals surface area (Å²) in [6.07, 6.45) is -2.83. The molecule has 0 atom stereocenters. The summed E-state index contributed by atoms with van der Waals surface area (Å²) in [5, 5.41) is 0. The Labute approximate surface area is 88.7 Å². The van der Waals surface area contributed by atoms with Gasteiger partial charge in [-0.2, -0.15) is 0 Å². The van der Waals surface area contributed by atoms with Crippen molar-refractivity contribution < 1.29 is 35.6 Å². The predicted octanol–water partition coefficient (Wildman–Crippen LogP) is -0.557. The van der Waals surface area contributed by atoms with Gasteiger partial charge < -0.3 is 0 Å². The van der Waals surface area contributed by atoms with Crippen molar-refractivity contribution >= 4 is 53.1 Å². The van der Waals surface area contributed by atoms with E-state index in [1.165, 1.54) is 0 Å². The first-order valence-electron chi connectivity index (χ1n) is 3.25. The SMILES string of the molecule is O=C1[O][Ga]([O]C(=O)[O][Ga]2[O]C(=O)[O]2)[O]1. The van der Waals surface area contributed by atoms with Gasteiger partial charge in [0.25, 0.3) is 0 Å². The molecule has 9 nitrogen and oxygen atoms in total. The molecule has 0 radical (unpaired) electrons. The number of carbonyl (C=O) groups is 3. The summed E-state index contributed by atoms with van der Waals surface area (Å²) in [7, 11) is 0. The molecule has 0 aromatic heterocycles. The molecule has 72 valence electrons. The van der Waals surface area contributed by atoms with E-state index in [9.17, 15) is 14.4 Å². The quantitative estimate of drug-likeness (QED) is 0.619. The topological polar surface area (TPSA) is 107 Å². The van der Waals surface area contributed by atoms with Crippen molar-refractivity contribution in [1.82, 2.24) is 0 Å². The van der Waals surface area contributed by atoms with Crippen molar-refractivity contribution in [3.63, 3.8) is 0 Å². The van der Waals surface area contributed by atoms with Crippen molar-refractivity contribution in [2.75, 3.05) is 0 Å². The van der Waals surface area contributed by atoms with Gasteiger partial charge in [0.2, 0.25) is 0 Å². The summed E-state index contributed by atoms with van der Waals surface area (Å²) in [5.74, 6) is 0. The zero-order valence-corrected chi connectivity index (χ0v) is 11.2. The third-order valence-electron chi connectivity index (χ3n) is 1.15. The van der Waals surface area contributed by atoms with Crippen molar-refractivity contribution in [3.8, 4) is 0 Å². The first-order valence-corrected chi connectivity index (χ1v) is 9.19. The van der Waals surface area contributed by atoms with Crippen LogP contribution in [0.15, 0.2) is 0 Å². The van der Waals surface area contributed by atoms with Gasteiger partial charge in [0.05, 0.1) is 0 Å². The summed E-state index contributed by atoms with van der Waals surface area (Å²) in [6.45, 7) is 0. The van der Waals surface area contributed by atoms with E-state index in [1.54, 1.807) is 0 Å². The van der Waals surface area contributed by atoms with Gasteiger partial charge in [-0.3, -0.25) is 0 Å². The molecule has 0 amide bonds. The molecule has 0 aromatic rings. The van der Waals surface area contributed by atoms with E-state index >= 15 is 0 Å². The van der Waals surface area contributed by atoms with Crippen LogP contribution in [0.5, 0.6) is 0 Å². The molecule has 0 N–H and O–H groups in total. The molecule has 2 rings (SSSR count). The number of carbonyl (C=O) groups excluding carboxylic acids is 3. The molecule has 2 saturated heterocycles. The van der Waals surface area contributed by atoms with Gasteiger partial charge in [0, 0.05) is 0 Å². The van der Waals surface area contributed by atoms with Crippen LogP contribution in [0.1, 0.15) is 0 Å². The van der Waals surface area contributed by atoms with Gasteiger partial charge in [-0.05, 0) is 0 Å². The van der Waals surface area contributed by atoms with Crippen molar-refractivity contribution in [2.24, 2.45) is 0 Å². The molecule has 11 heteroatoms. The fraction of sp³-hybridized carbons (Fsp3) is 0. The molecule has 14 heavy (non-hydrogen) atoms. The summed E-state index contributed by atoms with van der Waals surface area (Å²) >= 11 is -6.23. The first kappa shape index (κ1) is 9.63. The molecular weight excluding hydrogens is 319 g/mol. The zero-order chi connectivity index (χ0) is 10.1. The minimum absolute atomic E-state index is 0.865. The summed E-state index contributed by atoms with van der Waals surface area (Å²) < 4.78 is 26.2.